The van der Waals surface area contributed by atoms with Crippen molar-refractivity contribution in [3.8, 4) is 0 Å². The van der Waals surface area contributed by atoms with Crippen LogP contribution in [0.1, 0.15) is 49.9 Å². The van der Waals surface area contributed by atoms with E-state index in [0.717, 1.165) is 64.1 Å². The summed E-state index contributed by atoms with van der Waals surface area (Å²) in [5.74, 6) is -0.180. The van der Waals surface area contributed by atoms with Crippen molar-refractivity contribution in [1.82, 2.24) is 14.5 Å². The number of allylic oxidation sites excluding steroid dienone is 1. The maximum absolute atomic E-state index is 13.3. The van der Waals surface area contributed by atoms with E-state index in [1.165, 1.54) is 24.0 Å². The molecule has 1 aromatic rings. The molecular weight excluding hydrogens is 412 g/mol. The summed E-state index contributed by atoms with van der Waals surface area (Å²) in [7, 11) is -0.591. The molecule has 8 heteroatoms. The number of hydrogen-bond acceptors (Lipinski definition) is 5. The quantitative estimate of drug-likeness (QED) is 0.650. The minimum Gasteiger partial charge on any atom is -0.371 e. The van der Waals surface area contributed by atoms with Crippen molar-refractivity contribution in [3.63, 3.8) is 0 Å². The lowest BCUT2D eigenvalue weighted by Crippen LogP contribution is -2.45. The van der Waals surface area contributed by atoms with E-state index < -0.39 is 10.0 Å². The average molecular weight is 449 g/mol. The molecule has 1 amide bonds. The second-order valence-corrected chi connectivity index (χ2v) is 11.1. The van der Waals surface area contributed by atoms with Crippen LogP contribution in [0.15, 0.2) is 34.7 Å². The summed E-state index contributed by atoms with van der Waals surface area (Å²) in [4.78, 5) is 18.0. The molecule has 3 rings (SSSR count). The molecule has 7 nitrogen and oxygen atoms in total. The van der Waals surface area contributed by atoms with Gasteiger partial charge in [0.15, 0.2) is 0 Å². The fourth-order valence-electron chi connectivity index (χ4n) is 4.14. The second kappa shape index (κ2) is 10.1. The van der Waals surface area contributed by atoms with Crippen LogP contribution in [-0.2, 0) is 10.0 Å². The van der Waals surface area contributed by atoms with Crippen LogP contribution in [0, 0.1) is 0 Å². The zero-order valence-electron chi connectivity index (χ0n) is 19.2. The fraction of sp³-hybridized carbons (Fsp3) is 0.609. The Kier molecular flexibility index (Phi) is 7.78. The predicted molar refractivity (Wildman–Crippen MR) is 125 cm³/mol. The highest BCUT2D eigenvalue weighted by Gasteiger charge is 2.27. The van der Waals surface area contributed by atoms with Gasteiger partial charge in [0.05, 0.1) is 10.5 Å². The molecule has 0 aliphatic carbocycles. The van der Waals surface area contributed by atoms with E-state index in [4.69, 9.17) is 0 Å². The van der Waals surface area contributed by atoms with Gasteiger partial charge >= 0.3 is 0 Å². The van der Waals surface area contributed by atoms with Crippen LogP contribution >= 0.6 is 0 Å². The van der Waals surface area contributed by atoms with Crippen LogP contribution in [0.25, 0.3) is 0 Å². The molecular formula is C23H36N4O3S. The average Bonchev–Trinajstić information content (AvgIpc) is 3.27. The molecule has 2 heterocycles. The summed E-state index contributed by atoms with van der Waals surface area (Å²) in [6.45, 7) is 8.84. The van der Waals surface area contributed by atoms with Crippen molar-refractivity contribution in [2.75, 3.05) is 51.7 Å². The molecule has 0 unspecified atom stereocenters. The predicted octanol–water partition coefficient (Wildman–Crippen LogP) is 2.70. The highest BCUT2D eigenvalue weighted by atomic mass is 32.2. The Hall–Kier alpha value is -1.90. The highest BCUT2D eigenvalue weighted by molar-refractivity contribution is 7.89. The number of anilines is 1. The Morgan fingerprint density at radius 2 is 1.77 bits per heavy atom. The summed E-state index contributed by atoms with van der Waals surface area (Å²) in [6.07, 6.45) is 6.21. The molecule has 0 radical (unpaired) electrons. The number of carbonyl (C=O) groups is 1. The summed E-state index contributed by atoms with van der Waals surface area (Å²) in [6, 6.07) is 5.05. The summed E-state index contributed by atoms with van der Waals surface area (Å²) < 4.78 is 26.5. The van der Waals surface area contributed by atoms with Crippen LogP contribution in [0.2, 0.25) is 0 Å². The van der Waals surface area contributed by atoms with E-state index in [0.29, 0.717) is 5.56 Å². The Balaban J connectivity index is 1.76. The largest absolute Gasteiger partial charge is 0.371 e. The third-order valence-corrected chi connectivity index (χ3v) is 7.93. The molecule has 0 saturated carbocycles. The molecule has 1 N–H and O–H groups in total. The number of benzene rings is 1. The smallest absolute Gasteiger partial charge is 0.253 e. The zero-order chi connectivity index (χ0) is 22.6. The van der Waals surface area contributed by atoms with Gasteiger partial charge in [-0.25, -0.2) is 12.7 Å². The second-order valence-electron chi connectivity index (χ2n) is 8.99. The van der Waals surface area contributed by atoms with E-state index in [1.807, 2.05) is 0 Å². The lowest BCUT2D eigenvalue weighted by atomic mass is 10.0. The van der Waals surface area contributed by atoms with Gasteiger partial charge in [0.1, 0.15) is 0 Å². The van der Waals surface area contributed by atoms with Gasteiger partial charge in [0.25, 0.3) is 5.91 Å². The molecule has 0 bridgehead atoms. The van der Waals surface area contributed by atoms with Gasteiger partial charge in [-0.3, -0.25) is 9.69 Å². The molecule has 2 aliphatic rings. The Morgan fingerprint density at radius 1 is 1.13 bits per heavy atom. The minimum absolute atomic E-state index is 0.107. The van der Waals surface area contributed by atoms with E-state index in [9.17, 15) is 13.2 Å². The first kappa shape index (κ1) is 23.8. The number of amides is 1. The third kappa shape index (κ3) is 5.87. The van der Waals surface area contributed by atoms with Gasteiger partial charge in [-0.15, -0.1) is 0 Å². The standard InChI is InChI=1S/C23H36N4O3S/c1-18(2)9-14-26-15-10-19(11-16-26)24-23(28)21-17-20(31(29,30)25(3)4)7-8-22(21)27-12-5-6-13-27/h7-9,17,19H,5-6,10-16H2,1-4H3,(H,24,28). The van der Waals surface area contributed by atoms with Crippen LogP contribution in [0.4, 0.5) is 5.69 Å². The first-order valence-electron chi connectivity index (χ1n) is 11.2. The van der Waals surface area contributed by atoms with Crippen molar-refractivity contribution >= 4 is 21.6 Å². The lowest BCUT2D eigenvalue weighted by molar-refractivity contribution is 0.0914. The van der Waals surface area contributed by atoms with Crippen molar-refractivity contribution in [3.05, 3.63) is 35.4 Å². The van der Waals surface area contributed by atoms with Crippen molar-refractivity contribution in [2.45, 2.75) is 50.5 Å². The minimum atomic E-state index is -3.60. The molecule has 172 valence electrons. The van der Waals surface area contributed by atoms with Crippen molar-refractivity contribution in [2.24, 2.45) is 0 Å². The van der Waals surface area contributed by atoms with E-state index in [-0.39, 0.29) is 16.8 Å². The maximum Gasteiger partial charge on any atom is 0.253 e. The van der Waals surface area contributed by atoms with Crippen molar-refractivity contribution < 1.29 is 13.2 Å². The number of nitrogens with zero attached hydrogens (tertiary/aromatic N) is 3. The normalized spacial score (nSPS) is 18.4. The van der Waals surface area contributed by atoms with E-state index >= 15 is 0 Å². The first-order valence-corrected chi connectivity index (χ1v) is 12.6. The summed E-state index contributed by atoms with van der Waals surface area (Å²) in [5.41, 5.74) is 2.60. The third-order valence-electron chi connectivity index (χ3n) is 6.12. The molecule has 0 aromatic heterocycles. The van der Waals surface area contributed by atoms with Crippen molar-refractivity contribution in [1.29, 1.82) is 0 Å². The summed E-state index contributed by atoms with van der Waals surface area (Å²) >= 11 is 0. The van der Waals surface area contributed by atoms with Crippen LogP contribution in [0.3, 0.4) is 0 Å². The fourth-order valence-corrected chi connectivity index (χ4v) is 5.07. The number of hydrogen-bond donors (Lipinski definition) is 1. The topological polar surface area (TPSA) is 73.0 Å². The monoisotopic (exact) mass is 448 g/mol. The van der Waals surface area contributed by atoms with Gasteiger partial charge in [-0.05, 0) is 57.7 Å². The Labute approximate surface area is 187 Å². The van der Waals surface area contributed by atoms with E-state index in [2.05, 4.69) is 35.0 Å². The SMILES string of the molecule is CC(C)=CCN1CCC(NC(=O)c2cc(S(=O)(=O)N(C)C)ccc2N2CCCC2)CC1. The highest BCUT2D eigenvalue weighted by Crippen LogP contribution is 2.28. The molecule has 0 atom stereocenters. The number of sulfonamides is 1. The number of rotatable bonds is 7. The lowest BCUT2D eigenvalue weighted by Gasteiger charge is -2.32. The number of carbonyl (C=O) groups excluding carboxylic acids is 1. The zero-order valence-corrected chi connectivity index (χ0v) is 20.0. The van der Waals surface area contributed by atoms with E-state index in [1.54, 1.807) is 18.2 Å². The first-order chi connectivity index (χ1) is 14.7. The number of nitrogens with one attached hydrogen (secondary N) is 1. The Bertz CT molecular complexity index is 909. The van der Waals surface area contributed by atoms with Gasteiger partial charge < -0.3 is 10.2 Å². The van der Waals surface area contributed by atoms with Crippen LogP contribution in [-0.4, -0.2) is 76.4 Å². The molecule has 1 aromatic carbocycles. The molecule has 0 spiro atoms. The number of likely N-dealkylation sites (tertiary alicyclic amines) is 1. The van der Waals surface area contributed by atoms with Crippen LogP contribution < -0.4 is 10.2 Å². The van der Waals surface area contributed by atoms with Crippen LogP contribution in [0.5, 0.6) is 0 Å². The molecule has 31 heavy (non-hydrogen) atoms. The molecule has 2 aliphatic heterocycles. The van der Waals surface area contributed by atoms with Gasteiger partial charge in [0.2, 0.25) is 10.0 Å². The van der Waals surface area contributed by atoms with Gasteiger partial charge in [-0.2, -0.15) is 0 Å². The van der Waals surface area contributed by atoms with Gasteiger partial charge in [0, 0.05) is 58.5 Å². The van der Waals surface area contributed by atoms with Gasteiger partial charge in [-0.1, -0.05) is 11.6 Å². The summed E-state index contributed by atoms with van der Waals surface area (Å²) in [5, 5.41) is 3.18. The molecule has 2 fully saturated rings. The molecule has 2 saturated heterocycles. The Morgan fingerprint density at radius 3 is 2.35 bits per heavy atom. The number of piperidine rings is 1. The maximum atomic E-state index is 13.3.